The SMILES string of the molecule is CSc1ccc(NC(=O)N[C@@H]2N=C(c3ccccc3)c3ccccc3N(C)C2=O)cc1. The summed E-state index contributed by atoms with van der Waals surface area (Å²) in [5.41, 5.74) is 3.75. The molecule has 0 spiro atoms. The van der Waals surface area contributed by atoms with E-state index in [9.17, 15) is 9.59 Å². The lowest BCUT2D eigenvalue weighted by Gasteiger charge is -2.21. The summed E-state index contributed by atoms with van der Waals surface area (Å²) < 4.78 is 0. The number of nitrogens with zero attached hydrogens (tertiary/aromatic N) is 2. The number of aliphatic imine (C=N–C) groups is 1. The summed E-state index contributed by atoms with van der Waals surface area (Å²) in [4.78, 5) is 33.1. The minimum absolute atomic E-state index is 0.314. The third kappa shape index (κ3) is 4.46. The number of likely N-dealkylation sites (N-methyl/N-ethyl adjacent to an activating group) is 1. The number of fused-ring (bicyclic) bond motifs is 1. The van der Waals surface area contributed by atoms with Crippen molar-refractivity contribution in [2.75, 3.05) is 23.5 Å². The summed E-state index contributed by atoms with van der Waals surface area (Å²) in [7, 11) is 1.69. The first-order chi connectivity index (χ1) is 15.1. The normalized spacial score (nSPS) is 15.5. The number of anilines is 2. The average Bonchev–Trinajstić information content (AvgIpc) is 2.91. The predicted molar refractivity (Wildman–Crippen MR) is 126 cm³/mol. The second-order valence-corrected chi connectivity index (χ2v) is 7.87. The summed E-state index contributed by atoms with van der Waals surface area (Å²) >= 11 is 1.62. The molecule has 3 aromatic rings. The summed E-state index contributed by atoms with van der Waals surface area (Å²) in [6.45, 7) is 0. The molecule has 156 valence electrons. The molecule has 1 atom stereocenters. The fourth-order valence-corrected chi connectivity index (χ4v) is 3.82. The van der Waals surface area contributed by atoms with Gasteiger partial charge in [-0.3, -0.25) is 4.79 Å². The second kappa shape index (κ2) is 9.06. The third-order valence-electron chi connectivity index (χ3n) is 5.01. The van der Waals surface area contributed by atoms with Crippen LogP contribution < -0.4 is 15.5 Å². The molecule has 0 saturated heterocycles. The Labute approximate surface area is 185 Å². The molecule has 4 rings (SSSR count). The van der Waals surface area contributed by atoms with Crippen LogP contribution in [0.15, 0.2) is 88.8 Å². The number of rotatable bonds is 4. The van der Waals surface area contributed by atoms with E-state index in [4.69, 9.17) is 0 Å². The highest BCUT2D eigenvalue weighted by Crippen LogP contribution is 2.27. The van der Waals surface area contributed by atoms with Crippen LogP contribution in [0.5, 0.6) is 0 Å². The molecular formula is C24H22N4O2S. The summed E-state index contributed by atoms with van der Waals surface area (Å²) in [6.07, 6.45) is 0.932. The Hall–Kier alpha value is -3.58. The molecule has 3 amide bonds. The molecular weight excluding hydrogens is 408 g/mol. The second-order valence-electron chi connectivity index (χ2n) is 6.99. The van der Waals surface area contributed by atoms with Gasteiger partial charge in [0.1, 0.15) is 0 Å². The lowest BCUT2D eigenvalue weighted by molar-refractivity contribution is -0.119. The van der Waals surface area contributed by atoms with Crippen molar-refractivity contribution in [1.82, 2.24) is 5.32 Å². The van der Waals surface area contributed by atoms with Crippen molar-refractivity contribution < 1.29 is 9.59 Å². The van der Waals surface area contributed by atoms with Gasteiger partial charge in [0.25, 0.3) is 5.91 Å². The first-order valence-electron chi connectivity index (χ1n) is 9.78. The largest absolute Gasteiger partial charge is 0.321 e. The van der Waals surface area contributed by atoms with Crippen LogP contribution in [0.4, 0.5) is 16.2 Å². The number of hydrogen-bond donors (Lipinski definition) is 2. The zero-order valence-electron chi connectivity index (χ0n) is 17.2. The Kier molecular flexibility index (Phi) is 6.04. The third-order valence-corrected chi connectivity index (χ3v) is 5.75. The molecule has 0 bridgehead atoms. The maximum atomic E-state index is 13.1. The van der Waals surface area contributed by atoms with Gasteiger partial charge in [0.2, 0.25) is 6.17 Å². The Morgan fingerprint density at radius 2 is 1.65 bits per heavy atom. The number of para-hydroxylation sites is 1. The molecule has 7 heteroatoms. The Balaban J connectivity index is 1.65. The standard InChI is InChI=1S/C24H22N4O2S/c1-28-20-11-7-6-10-19(20)21(16-8-4-3-5-9-16)26-22(23(28)29)27-24(30)25-17-12-14-18(31-2)15-13-17/h3-15,22H,1-2H3,(H2,25,27,30)/t22-/m0/s1. The molecule has 0 aromatic heterocycles. The highest BCUT2D eigenvalue weighted by molar-refractivity contribution is 7.98. The molecule has 0 fully saturated rings. The van der Waals surface area contributed by atoms with Gasteiger partial charge in [0.05, 0.1) is 11.4 Å². The van der Waals surface area contributed by atoms with Crippen LogP contribution in [0.2, 0.25) is 0 Å². The van der Waals surface area contributed by atoms with Gasteiger partial charge in [-0.05, 0) is 36.6 Å². The number of benzene rings is 3. The molecule has 1 heterocycles. The van der Waals surface area contributed by atoms with E-state index in [1.807, 2.05) is 85.1 Å². The molecule has 0 unspecified atom stereocenters. The number of carbonyl (C=O) groups is 2. The first-order valence-corrected chi connectivity index (χ1v) is 11.0. The number of benzodiazepines with no additional fused rings is 1. The highest BCUT2D eigenvalue weighted by atomic mass is 32.2. The molecule has 0 saturated carbocycles. The number of thioether (sulfide) groups is 1. The van der Waals surface area contributed by atoms with Gasteiger partial charge < -0.3 is 15.5 Å². The minimum atomic E-state index is -1.06. The monoisotopic (exact) mass is 430 g/mol. The van der Waals surface area contributed by atoms with Crippen LogP contribution in [0, 0.1) is 0 Å². The molecule has 31 heavy (non-hydrogen) atoms. The topological polar surface area (TPSA) is 73.8 Å². The van der Waals surface area contributed by atoms with Crippen LogP contribution in [-0.2, 0) is 4.79 Å². The molecule has 6 nitrogen and oxygen atoms in total. The van der Waals surface area contributed by atoms with Crippen LogP contribution in [0.3, 0.4) is 0 Å². The Bertz CT molecular complexity index is 1130. The van der Waals surface area contributed by atoms with Crippen LogP contribution in [0.1, 0.15) is 11.1 Å². The fourth-order valence-electron chi connectivity index (χ4n) is 3.41. The molecule has 0 radical (unpaired) electrons. The van der Waals surface area contributed by atoms with Crippen molar-refractivity contribution in [3.05, 3.63) is 90.0 Å². The number of urea groups is 1. The van der Waals surface area contributed by atoms with Crippen molar-refractivity contribution in [3.8, 4) is 0 Å². The first kappa shape index (κ1) is 20.7. The van der Waals surface area contributed by atoms with E-state index in [1.165, 1.54) is 4.90 Å². The van der Waals surface area contributed by atoms with E-state index in [2.05, 4.69) is 15.6 Å². The number of nitrogens with one attached hydrogen (secondary N) is 2. The Morgan fingerprint density at radius 3 is 2.35 bits per heavy atom. The van der Waals surface area contributed by atoms with E-state index in [1.54, 1.807) is 18.8 Å². The van der Waals surface area contributed by atoms with E-state index in [-0.39, 0.29) is 5.91 Å². The van der Waals surface area contributed by atoms with Crippen molar-refractivity contribution in [1.29, 1.82) is 0 Å². The molecule has 2 N–H and O–H groups in total. The van der Waals surface area contributed by atoms with E-state index in [0.29, 0.717) is 11.4 Å². The van der Waals surface area contributed by atoms with Crippen molar-refractivity contribution in [3.63, 3.8) is 0 Å². The number of carbonyl (C=O) groups excluding carboxylic acids is 2. The van der Waals surface area contributed by atoms with Gasteiger partial charge in [-0.2, -0.15) is 0 Å². The highest BCUT2D eigenvalue weighted by Gasteiger charge is 2.30. The Morgan fingerprint density at radius 1 is 0.968 bits per heavy atom. The summed E-state index contributed by atoms with van der Waals surface area (Å²) in [5.74, 6) is -0.314. The van der Waals surface area contributed by atoms with E-state index >= 15 is 0 Å². The van der Waals surface area contributed by atoms with Gasteiger partial charge in [0.15, 0.2) is 0 Å². The average molecular weight is 431 g/mol. The van der Waals surface area contributed by atoms with Gasteiger partial charge >= 0.3 is 6.03 Å². The van der Waals surface area contributed by atoms with E-state index < -0.39 is 12.2 Å². The van der Waals surface area contributed by atoms with Gasteiger partial charge in [-0.25, -0.2) is 9.79 Å². The van der Waals surface area contributed by atoms with Crippen LogP contribution in [0.25, 0.3) is 0 Å². The maximum absolute atomic E-state index is 13.1. The smallest absolute Gasteiger partial charge is 0.311 e. The predicted octanol–water partition coefficient (Wildman–Crippen LogP) is 4.37. The lowest BCUT2D eigenvalue weighted by atomic mass is 10.0. The molecule has 3 aromatic carbocycles. The van der Waals surface area contributed by atoms with Crippen LogP contribution in [-0.4, -0.2) is 37.1 Å². The molecule has 1 aliphatic heterocycles. The van der Waals surface area contributed by atoms with Crippen molar-refractivity contribution in [2.24, 2.45) is 4.99 Å². The quantitative estimate of drug-likeness (QED) is 0.604. The number of hydrogen-bond acceptors (Lipinski definition) is 4. The summed E-state index contributed by atoms with van der Waals surface area (Å²) in [6, 6.07) is 24.2. The molecule has 0 aliphatic carbocycles. The minimum Gasteiger partial charge on any atom is -0.311 e. The number of amides is 3. The summed E-state index contributed by atoms with van der Waals surface area (Å²) in [5, 5.41) is 5.49. The zero-order valence-corrected chi connectivity index (χ0v) is 18.0. The lowest BCUT2D eigenvalue weighted by Crippen LogP contribution is -2.47. The van der Waals surface area contributed by atoms with Gasteiger partial charge in [-0.1, -0.05) is 48.5 Å². The maximum Gasteiger partial charge on any atom is 0.321 e. The fraction of sp³-hybridized carbons (Fsp3) is 0.125. The van der Waals surface area contributed by atoms with E-state index in [0.717, 1.165) is 21.7 Å². The zero-order chi connectivity index (χ0) is 21.8. The van der Waals surface area contributed by atoms with Crippen LogP contribution >= 0.6 is 11.8 Å². The molecule has 1 aliphatic rings. The van der Waals surface area contributed by atoms with Crippen molar-refractivity contribution >= 4 is 40.8 Å². The van der Waals surface area contributed by atoms with Crippen molar-refractivity contribution in [2.45, 2.75) is 11.1 Å². The van der Waals surface area contributed by atoms with Gasteiger partial charge in [-0.15, -0.1) is 11.8 Å². The van der Waals surface area contributed by atoms with Gasteiger partial charge in [0, 0.05) is 28.8 Å².